The van der Waals surface area contributed by atoms with E-state index in [1.54, 1.807) is 6.92 Å². The first-order valence-corrected chi connectivity index (χ1v) is 7.56. The minimum Gasteiger partial charge on any atom is -0.343 e. The molecule has 1 amide bonds. The van der Waals surface area contributed by atoms with E-state index in [9.17, 15) is 4.79 Å². The van der Waals surface area contributed by atoms with E-state index in [0.717, 1.165) is 25.9 Å². The highest BCUT2D eigenvalue weighted by molar-refractivity contribution is 5.73. The van der Waals surface area contributed by atoms with Gasteiger partial charge in [-0.25, -0.2) is 0 Å². The van der Waals surface area contributed by atoms with Gasteiger partial charge in [0.25, 0.3) is 0 Å². The number of hydrogen-bond donors (Lipinski definition) is 1. The van der Waals surface area contributed by atoms with Crippen molar-refractivity contribution in [1.29, 1.82) is 0 Å². The summed E-state index contributed by atoms with van der Waals surface area (Å²) >= 11 is 0. The van der Waals surface area contributed by atoms with E-state index in [-0.39, 0.29) is 5.91 Å². The Morgan fingerprint density at radius 2 is 1.95 bits per heavy atom. The molecule has 1 aliphatic rings. The fourth-order valence-electron chi connectivity index (χ4n) is 3.12. The number of rotatable bonds is 3. The summed E-state index contributed by atoms with van der Waals surface area (Å²) in [6.45, 7) is 9.96. The number of piperidine rings is 1. The molecular formula is C17H26N2O. The normalized spacial score (nSPS) is 18.1. The Hall–Kier alpha value is -1.35. The Morgan fingerprint density at radius 3 is 2.50 bits per heavy atom. The molecule has 1 saturated heterocycles. The molecule has 1 atom stereocenters. The van der Waals surface area contributed by atoms with Crippen molar-refractivity contribution >= 4 is 5.91 Å². The zero-order valence-corrected chi connectivity index (χ0v) is 13.1. The van der Waals surface area contributed by atoms with Gasteiger partial charge in [-0.3, -0.25) is 4.79 Å². The lowest BCUT2D eigenvalue weighted by atomic mass is 9.97. The van der Waals surface area contributed by atoms with E-state index >= 15 is 0 Å². The molecule has 1 aliphatic heterocycles. The maximum atomic E-state index is 11.3. The molecule has 3 nitrogen and oxygen atoms in total. The second-order valence-electron chi connectivity index (χ2n) is 6.03. The third kappa shape index (κ3) is 3.60. The van der Waals surface area contributed by atoms with Crippen LogP contribution < -0.4 is 5.32 Å². The van der Waals surface area contributed by atoms with Gasteiger partial charge in [-0.05, 0) is 44.7 Å². The molecule has 1 N–H and O–H groups in total. The van der Waals surface area contributed by atoms with Crippen LogP contribution in [0.25, 0.3) is 0 Å². The maximum absolute atomic E-state index is 11.3. The lowest BCUT2D eigenvalue weighted by Gasteiger charge is -2.33. The highest BCUT2D eigenvalue weighted by Gasteiger charge is 2.22. The molecule has 0 spiro atoms. The van der Waals surface area contributed by atoms with Crippen molar-refractivity contribution in [3.63, 3.8) is 0 Å². The number of carbonyl (C=O) groups excluding carboxylic acids is 1. The SMILES string of the molecule is CC(=O)N1CCC(NC(C)c2ccc(C)cc2C)CC1. The summed E-state index contributed by atoms with van der Waals surface area (Å²) in [5.74, 6) is 0.200. The Kier molecular flexibility index (Phi) is 4.81. The van der Waals surface area contributed by atoms with Crippen LogP contribution in [0.2, 0.25) is 0 Å². The van der Waals surface area contributed by atoms with Crippen molar-refractivity contribution in [1.82, 2.24) is 10.2 Å². The zero-order valence-electron chi connectivity index (χ0n) is 13.1. The first-order valence-electron chi connectivity index (χ1n) is 7.56. The van der Waals surface area contributed by atoms with E-state index in [4.69, 9.17) is 0 Å². The van der Waals surface area contributed by atoms with Crippen LogP contribution >= 0.6 is 0 Å². The first-order chi connectivity index (χ1) is 9.47. The number of hydrogen-bond acceptors (Lipinski definition) is 2. The molecule has 3 heteroatoms. The Balaban J connectivity index is 1.92. The topological polar surface area (TPSA) is 32.3 Å². The van der Waals surface area contributed by atoms with Crippen LogP contribution in [0, 0.1) is 13.8 Å². The van der Waals surface area contributed by atoms with Crippen LogP contribution in [-0.2, 0) is 4.79 Å². The molecular weight excluding hydrogens is 248 g/mol. The monoisotopic (exact) mass is 274 g/mol. The van der Waals surface area contributed by atoms with E-state index in [1.807, 2.05) is 4.90 Å². The average Bonchev–Trinajstić information content (AvgIpc) is 2.39. The molecule has 1 fully saturated rings. The van der Waals surface area contributed by atoms with E-state index < -0.39 is 0 Å². The van der Waals surface area contributed by atoms with Crippen molar-refractivity contribution in [3.05, 3.63) is 34.9 Å². The van der Waals surface area contributed by atoms with Crippen molar-refractivity contribution < 1.29 is 4.79 Å². The van der Waals surface area contributed by atoms with Gasteiger partial charge in [0.05, 0.1) is 0 Å². The summed E-state index contributed by atoms with van der Waals surface area (Å²) in [7, 11) is 0. The molecule has 110 valence electrons. The van der Waals surface area contributed by atoms with Gasteiger partial charge in [0.15, 0.2) is 0 Å². The van der Waals surface area contributed by atoms with Crippen molar-refractivity contribution in [2.24, 2.45) is 0 Å². The van der Waals surface area contributed by atoms with Gasteiger partial charge in [0.1, 0.15) is 0 Å². The lowest BCUT2D eigenvalue weighted by molar-refractivity contribution is -0.129. The van der Waals surface area contributed by atoms with Gasteiger partial charge in [-0.1, -0.05) is 23.8 Å². The fourth-order valence-corrected chi connectivity index (χ4v) is 3.12. The Morgan fingerprint density at radius 1 is 1.30 bits per heavy atom. The quantitative estimate of drug-likeness (QED) is 0.919. The van der Waals surface area contributed by atoms with Crippen LogP contribution in [0.4, 0.5) is 0 Å². The summed E-state index contributed by atoms with van der Waals surface area (Å²) in [6, 6.07) is 7.53. The summed E-state index contributed by atoms with van der Waals surface area (Å²) in [4.78, 5) is 13.3. The van der Waals surface area contributed by atoms with Gasteiger partial charge in [-0.2, -0.15) is 0 Å². The Labute approximate surface area is 122 Å². The molecule has 1 aromatic rings. The van der Waals surface area contributed by atoms with E-state index in [0.29, 0.717) is 12.1 Å². The number of nitrogens with one attached hydrogen (secondary N) is 1. The van der Waals surface area contributed by atoms with Gasteiger partial charge in [-0.15, -0.1) is 0 Å². The average molecular weight is 274 g/mol. The molecule has 2 rings (SSSR count). The summed E-state index contributed by atoms with van der Waals surface area (Å²) in [5.41, 5.74) is 4.05. The number of nitrogens with zero attached hydrogens (tertiary/aromatic N) is 1. The highest BCUT2D eigenvalue weighted by atomic mass is 16.2. The number of benzene rings is 1. The number of likely N-dealkylation sites (tertiary alicyclic amines) is 1. The molecule has 0 aromatic heterocycles. The minimum absolute atomic E-state index is 0.200. The molecule has 0 aliphatic carbocycles. The number of aryl methyl sites for hydroxylation is 2. The molecule has 0 radical (unpaired) electrons. The van der Waals surface area contributed by atoms with Crippen LogP contribution in [0.1, 0.15) is 49.4 Å². The van der Waals surface area contributed by atoms with Crippen molar-refractivity contribution in [2.45, 2.75) is 52.6 Å². The van der Waals surface area contributed by atoms with Crippen LogP contribution in [0.3, 0.4) is 0 Å². The second kappa shape index (κ2) is 6.40. The molecule has 1 unspecified atom stereocenters. The smallest absolute Gasteiger partial charge is 0.219 e. The predicted molar refractivity (Wildman–Crippen MR) is 82.7 cm³/mol. The van der Waals surface area contributed by atoms with Crippen LogP contribution in [0.15, 0.2) is 18.2 Å². The second-order valence-corrected chi connectivity index (χ2v) is 6.03. The molecule has 0 saturated carbocycles. The third-order valence-corrected chi connectivity index (χ3v) is 4.32. The summed E-state index contributed by atoms with van der Waals surface area (Å²) in [5, 5.41) is 3.72. The lowest BCUT2D eigenvalue weighted by Crippen LogP contribution is -2.44. The standard InChI is InChI=1S/C17H26N2O/c1-12-5-6-17(13(2)11-12)14(3)18-16-7-9-19(10-8-16)15(4)20/h5-6,11,14,16,18H,7-10H2,1-4H3. The van der Waals surface area contributed by atoms with Gasteiger partial charge in [0, 0.05) is 32.1 Å². The van der Waals surface area contributed by atoms with Crippen molar-refractivity contribution in [3.8, 4) is 0 Å². The molecule has 1 aromatic carbocycles. The largest absolute Gasteiger partial charge is 0.343 e. The zero-order chi connectivity index (χ0) is 14.7. The Bertz CT molecular complexity index is 476. The summed E-state index contributed by atoms with van der Waals surface area (Å²) in [6.07, 6.45) is 2.10. The summed E-state index contributed by atoms with van der Waals surface area (Å²) < 4.78 is 0. The fraction of sp³-hybridized carbons (Fsp3) is 0.588. The number of amides is 1. The van der Waals surface area contributed by atoms with Gasteiger partial charge < -0.3 is 10.2 Å². The van der Waals surface area contributed by atoms with E-state index in [2.05, 4.69) is 44.3 Å². The van der Waals surface area contributed by atoms with Crippen molar-refractivity contribution in [2.75, 3.05) is 13.1 Å². The van der Waals surface area contributed by atoms with Crippen LogP contribution in [-0.4, -0.2) is 29.9 Å². The molecule has 0 bridgehead atoms. The first kappa shape index (κ1) is 15.0. The highest BCUT2D eigenvalue weighted by Crippen LogP contribution is 2.21. The van der Waals surface area contributed by atoms with E-state index in [1.165, 1.54) is 16.7 Å². The van der Waals surface area contributed by atoms with Crippen LogP contribution in [0.5, 0.6) is 0 Å². The predicted octanol–water partition coefficient (Wildman–Crippen LogP) is 2.96. The van der Waals surface area contributed by atoms with Gasteiger partial charge in [0.2, 0.25) is 5.91 Å². The maximum Gasteiger partial charge on any atom is 0.219 e. The minimum atomic E-state index is 0.200. The molecule has 1 heterocycles. The number of carbonyl (C=O) groups is 1. The third-order valence-electron chi connectivity index (χ3n) is 4.32. The molecule has 20 heavy (non-hydrogen) atoms. The van der Waals surface area contributed by atoms with Gasteiger partial charge >= 0.3 is 0 Å².